The smallest absolute Gasteiger partial charge is 0.150 e. The molecule has 0 aliphatic heterocycles. The van der Waals surface area contributed by atoms with Gasteiger partial charge in [0, 0.05) is 16.6 Å². The molecule has 0 unspecified atom stereocenters. The fourth-order valence-electron chi connectivity index (χ4n) is 3.74. The lowest BCUT2D eigenvalue weighted by atomic mass is 9.85. The zero-order valence-corrected chi connectivity index (χ0v) is 27.3. The van der Waals surface area contributed by atoms with Gasteiger partial charge in [0.05, 0.1) is 34.5 Å². The van der Waals surface area contributed by atoms with E-state index in [2.05, 4.69) is 34.1 Å². The number of aldehydes is 1. The Labute approximate surface area is 254 Å². The summed E-state index contributed by atoms with van der Waals surface area (Å²) in [5.41, 5.74) is 12.4. The number of carbonyl (C=O) groups excluding carboxylic acids is 1. The third kappa shape index (κ3) is 9.68. The number of carbonyl (C=O) groups is 1. The van der Waals surface area contributed by atoms with Crippen LogP contribution in [0.15, 0.2) is 59.1 Å². The molecule has 0 atom stereocenters. The number of hydrogen-bond acceptors (Lipinski definition) is 5. The van der Waals surface area contributed by atoms with Crippen molar-refractivity contribution in [3.05, 3.63) is 104 Å². The van der Waals surface area contributed by atoms with Crippen LogP contribution in [0.2, 0.25) is 0 Å². The van der Waals surface area contributed by atoms with E-state index in [4.69, 9.17) is 21.5 Å². The van der Waals surface area contributed by atoms with Crippen LogP contribution in [0.3, 0.4) is 0 Å². The molecule has 0 saturated heterocycles. The van der Waals surface area contributed by atoms with Crippen molar-refractivity contribution in [3.8, 4) is 18.2 Å². The van der Waals surface area contributed by atoms with Gasteiger partial charge in [0.25, 0.3) is 0 Å². The first-order valence-electron chi connectivity index (χ1n) is 13.4. The number of rotatable bonds is 5. The molecular weight excluding hydrogens is 572 g/mol. The molecule has 0 spiro atoms. The van der Waals surface area contributed by atoms with E-state index in [0.717, 1.165) is 44.1 Å². The fraction of sp³-hybridized carbons (Fsp3) is 0.371. The van der Waals surface area contributed by atoms with Gasteiger partial charge in [0.2, 0.25) is 0 Å². The maximum Gasteiger partial charge on any atom is 0.150 e. The molecule has 0 aliphatic carbocycles. The highest BCUT2D eigenvalue weighted by Crippen LogP contribution is 2.27. The van der Waals surface area contributed by atoms with E-state index in [0.29, 0.717) is 12.1 Å². The third-order valence-electron chi connectivity index (χ3n) is 7.12. The van der Waals surface area contributed by atoms with Gasteiger partial charge in [-0.1, -0.05) is 64.5 Å². The number of benzene rings is 3. The Hall–Kier alpha value is -3.76. The molecule has 5 nitrogen and oxygen atoms in total. The monoisotopic (exact) mass is 612 g/mol. The summed E-state index contributed by atoms with van der Waals surface area (Å²) in [6.07, 6.45) is 0.832. The van der Waals surface area contributed by atoms with Gasteiger partial charge in [0.15, 0.2) is 0 Å². The predicted molar refractivity (Wildman–Crippen MR) is 170 cm³/mol. The summed E-state index contributed by atoms with van der Waals surface area (Å²) in [5.74, 6) is 0. The van der Waals surface area contributed by atoms with E-state index in [-0.39, 0.29) is 0 Å². The van der Waals surface area contributed by atoms with Crippen molar-refractivity contribution in [1.82, 2.24) is 0 Å². The molecule has 0 bridgehead atoms. The van der Waals surface area contributed by atoms with E-state index in [1.807, 2.05) is 111 Å². The maximum absolute atomic E-state index is 10.6. The summed E-state index contributed by atoms with van der Waals surface area (Å²) in [7, 11) is 0. The molecule has 3 aromatic rings. The number of nitriles is 3. The van der Waals surface area contributed by atoms with Gasteiger partial charge in [-0.3, -0.25) is 4.79 Å². The molecule has 214 valence electrons. The highest BCUT2D eigenvalue weighted by atomic mass is 79.9. The summed E-state index contributed by atoms with van der Waals surface area (Å²) in [4.78, 5) is 10.6. The molecule has 0 saturated carbocycles. The van der Waals surface area contributed by atoms with E-state index in [1.54, 1.807) is 6.07 Å². The lowest BCUT2D eigenvalue weighted by molar-refractivity contribution is 0.112. The first-order valence-corrected chi connectivity index (χ1v) is 14.2. The second-order valence-electron chi connectivity index (χ2n) is 11.7. The van der Waals surface area contributed by atoms with Crippen molar-refractivity contribution < 1.29 is 4.79 Å². The Morgan fingerprint density at radius 2 is 1.07 bits per heavy atom. The Balaban J connectivity index is 0.000000308. The van der Waals surface area contributed by atoms with Gasteiger partial charge < -0.3 is 5.73 Å². The number of nitrogens with zero attached hydrogens (tertiary/aromatic N) is 3. The highest BCUT2D eigenvalue weighted by molar-refractivity contribution is 9.10. The minimum absolute atomic E-state index is 0.397. The minimum atomic E-state index is -0.494. The molecule has 41 heavy (non-hydrogen) atoms. The van der Waals surface area contributed by atoms with Crippen LogP contribution in [0.4, 0.5) is 0 Å². The van der Waals surface area contributed by atoms with Crippen molar-refractivity contribution >= 4 is 22.2 Å². The first-order chi connectivity index (χ1) is 19.0. The molecule has 6 heteroatoms. The largest absolute Gasteiger partial charge is 0.326 e. The summed E-state index contributed by atoms with van der Waals surface area (Å²) < 4.78 is 1.09. The SMILES string of the molecule is Cc1cc(C(C)(C)C#N)ccc1Br.Cc1cc(C(C)(C)C#N)ccc1C=O.Cc1cc(C(C)(C)C#N)ccc1CN. The first kappa shape index (κ1) is 35.3. The Kier molecular flexibility index (Phi) is 12.7. The fourth-order valence-corrected chi connectivity index (χ4v) is 3.98. The van der Waals surface area contributed by atoms with Crippen LogP contribution in [0.1, 0.15) is 90.8 Å². The summed E-state index contributed by atoms with van der Waals surface area (Å²) in [6, 6.07) is 24.4. The second kappa shape index (κ2) is 14.7. The van der Waals surface area contributed by atoms with Crippen molar-refractivity contribution in [2.75, 3.05) is 0 Å². The molecule has 0 aromatic heterocycles. The van der Waals surface area contributed by atoms with Crippen molar-refractivity contribution in [2.24, 2.45) is 5.73 Å². The van der Waals surface area contributed by atoms with E-state index < -0.39 is 16.2 Å². The standard InChI is InChI=1S/C12H16N2.C12H13NO.C11H12BrN/c1-9-6-11(12(2,3)8-14)5-4-10(9)7-13;1-9-6-11(12(2,3)8-13)5-4-10(9)7-14;1-8-6-9(4-5-10(8)12)11(2,3)7-13/h4-6H,7,13H2,1-3H3;4-7H,1-3H3;4-6H,1-3H3. The number of hydrogen-bond donors (Lipinski definition) is 1. The lowest BCUT2D eigenvalue weighted by Gasteiger charge is -2.17. The summed E-state index contributed by atoms with van der Waals surface area (Å²) in [6.45, 7) is 17.9. The molecule has 0 fully saturated rings. The number of nitrogens with two attached hydrogens (primary N) is 1. The molecule has 0 radical (unpaired) electrons. The zero-order chi connectivity index (χ0) is 31.6. The van der Waals surface area contributed by atoms with Crippen LogP contribution in [-0.2, 0) is 22.8 Å². The van der Waals surface area contributed by atoms with Gasteiger partial charge in [-0.2, -0.15) is 15.8 Å². The maximum atomic E-state index is 10.6. The molecule has 3 rings (SSSR count). The second-order valence-corrected chi connectivity index (χ2v) is 12.6. The molecular formula is C35H41BrN4O. The van der Waals surface area contributed by atoms with Gasteiger partial charge in [-0.25, -0.2) is 0 Å². The van der Waals surface area contributed by atoms with Crippen molar-refractivity contribution in [1.29, 1.82) is 15.8 Å². The highest BCUT2D eigenvalue weighted by Gasteiger charge is 2.21. The van der Waals surface area contributed by atoms with Crippen LogP contribution in [-0.4, -0.2) is 6.29 Å². The number of aryl methyl sites for hydroxylation is 3. The van der Waals surface area contributed by atoms with Crippen LogP contribution in [0, 0.1) is 54.8 Å². The van der Waals surface area contributed by atoms with Crippen LogP contribution < -0.4 is 5.73 Å². The van der Waals surface area contributed by atoms with Crippen LogP contribution in [0.5, 0.6) is 0 Å². The summed E-state index contributed by atoms with van der Waals surface area (Å²) >= 11 is 3.44. The molecule has 0 aliphatic rings. The third-order valence-corrected chi connectivity index (χ3v) is 8.01. The van der Waals surface area contributed by atoms with Gasteiger partial charge >= 0.3 is 0 Å². The quantitative estimate of drug-likeness (QED) is 0.290. The van der Waals surface area contributed by atoms with E-state index in [9.17, 15) is 4.79 Å². The Morgan fingerprint density at radius 3 is 1.41 bits per heavy atom. The average molecular weight is 614 g/mol. The Morgan fingerprint density at radius 1 is 0.683 bits per heavy atom. The lowest BCUT2D eigenvalue weighted by Crippen LogP contribution is -2.14. The Bertz CT molecular complexity index is 1500. The van der Waals surface area contributed by atoms with Crippen LogP contribution in [0.25, 0.3) is 0 Å². The predicted octanol–water partition coefficient (Wildman–Crippen LogP) is 8.42. The molecule has 0 heterocycles. The van der Waals surface area contributed by atoms with Gasteiger partial charge in [0.1, 0.15) is 6.29 Å². The summed E-state index contributed by atoms with van der Waals surface area (Å²) in [5, 5.41) is 26.9. The number of halogens is 1. The normalized spacial score (nSPS) is 10.9. The van der Waals surface area contributed by atoms with E-state index in [1.165, 1.54) is 5.56 Å². The van der Waals surface area contributed by atoms with Gasteiger partial charge in [-0.05, 0) is 107 Å². The zero-order valence-electron chi connectivity index (χ0n) is 25.7. The topological polar surface area (TPSA) is 114 Å². The van der Waals surface area contributed by atoms with E-state index >= 15 is 0 Å². The molecule has 0 amide bonds. The minimum Gasteiger partial charge on any atom is -0.326 e. The van der Waals surface area contributed by atoms with Crippen LogP contribution >= 0.6 is 15.9 Å². The van der Waals surface area contributed by atoms with Crippen molar-refractivity contribution in [3.63, 3.8) is 0 Å². The molecule has 3 aromatic carbocycles. The molecule has 2 N–H and O–H groups in total. The average Bonchev–Trinajstić information content (AvgIpc) is 2.95. The van der Waals surface area contributed by atoms with Gasteiger partial charge in [-0.15, -0.1) is 0 Å². The van der Waals surface area contributed by atoms with Crippen molar-refractivity contribution in [2.45, 2.75) is 85.1 Å².